The van der Waals surface area contributed by atoms with Gasteiger partial charge in [-0.1, -0.05) is 83.3 Å². The van der Waals surface area contributed by atoms with E-state index < -0.39 is 0 Å². The van der Waals surface area contributed by atoms with E-state index in [4.69, 9.17) is 4.42 Å². The molecule has 0 amide bonds. The molecule has 1 N–H and O–H groups in total. The highest BCUT2D eigenvalue weighted by atomic mass is 16.3. The largest absolute Gasteiger partial charge is 0.455 e. The molecule has 2 aromatic carbocycles. The highest BCUT2D eigenvalue weighted by molar-refractivity contribution is 6.10. The van der Waals surface area contributed by atoms with Crippen LogP contribution >= 0.6 is 0 Å². The zero-order valence-corrected chi connectivity index (χ0v) is 22.7. The molecule has 0 radical (unpaired) electrons. The summed E-state index contributed by atoms with van der Waals surface area (Å²) in [4.78, 5) is 0. The summed E-state index contributed by atoms with van der Waals surface area (Å²) in [5.74, 6) is 1.22. The molecule has 190 valence electrons. The number of hydrogen-bond acceptors (Lipinski definition) is 2. The van der Waals surface area contributed by atoms with Crippen molar-refractivity contribution >= 4 is 21.9 Å². The van der Waals surface area contributed by atoms with Gasteiger partial charge in [-0.25, -0.2) is 0 Å². The first-order valence-electron chi connectivity index (χ1n) is 13.5. The molecular weight excluding hydrogens is 452 g/mol. The number of pyridine rings is 1. The molecule has 0 aliphatic carbocycles. The normalized spacial score (nSPS) is 16.7. The molecule has 3 nitrogen and oxygen atoms in total. The SMILES string of the molecule is C=CC(=C)CCC1c2ccc3c(oc4cc(C(C)C)ccc43)c2-c2cccc[n+]2C1C(=C)NCC(C)C. The van der Waals surface area contributed by atoms with E-state index >= 15 is 0 Å². The maximum Gasteiger partial charge on any atom is 0.217 e. The lowest BCUT2D eigenvalue weighted by Crippen LogP contribution is -2.50. The first kappa shape index (κ1) is 25.1. The van der Waals surface area contributed by atoms with Gasteiger partial charge in [-0.2, -0.15) is 4.57 Å². The van der Waals surface area contributed by atoms with Gasteiger partial charge in [0.15, 0.2) is 6.20 Å². The van der Waals surface area contributed by atoms with Crippen LogP contribution in [0.5, 0.6) is 0 Å². The third kappa shape index (κ3) is 4.52. The molecule has 0 saturated carbocycles. The first-order valence-corrected chi connectivity index (χ1v) is 13.5. The number of furan rings is 1. The molecule has 0 saturated heterocycles. The van der Waals surface area contributed by atoms with Crippen LogP contribution in [0.25, 0.3) is 33.2 Å². The van der Waals surface area contributed by atoms with E-state index in [1.165, 1.54) is 33.2 Å². The van der Waals surface area contributed by atoms with Crippen molar-refractivity contribution in [2.75, 3.05) is 6.54 Å². The predicted molar refractivity (Wildman–Crippen MR) is 156 cm³/mol. The number of benzene rings is 2. The van der Waals surface area contributed by atoms with Crippen LogP contribution < -0.4 is 9.88 Å². The highest BCUT2D eigenvalue weighted by Gasteiger charge is 2.43. The van der Waals surface area contributed by atoms with Crippen LogP contribution in [0.3, 0.4) is 0 Å². The van der Waals surface area contributed by atoms with Crippen LogP contribution in [0.15, 0.2) is 96.2 Å². The van der Waals surface area contributed by atoms with E-state index in [0.717, 1.165) is 41.8 Å². The Bertz CT molecular complexity index is 1500. The number of fused-ring (bicyclic) bond motifs is 7. The number of rotatable bonds is 9. The van der Waals surface area contributed by atoms with Crippen molar-refractivity contribution < 1.29 is 8.98 Å². The summed E-state index contributed by atoms with van der Waals surface area (Å²) >= 11 is 0. The maximum absolute atomic E-state index is 6.68. The lowest BCUT2D eigenvalue weighted by atomic mass is 9.78. The predicted octanol–water partition coefficient (Wildman–Crippen LogP) is 8.58. The third-order valence-electron chi connectivity index (χ3n) is 7.75. The number of nitrogens with zero attached hydrogens (tertiary/aromatic N) is 1. The molecule has 2 atom stereocenters. The maximum atomic E-state index is 6.68. The monoisotopic (exact) mass is 491 g/mol. The van der Waals surface area contributed by atoms with Gasteiger partial charge < -0.3 is 9.73 Å². The van der Waals surface area contributed by atoms with Gasteiger partial charge in [0.1, 0.15) is 11.2 Å². The summed E-state index contributed by atoms with van der Waals surface area (Å²) in [5.41, 5.74) is 9.02. The number of nitrogens with one attached hydrogen (secondary N) is 1. The van der Waals surface area contributed by atoms with E-state index in [1.54, 1.807) is 0 Å². The average molecular weight is 492 g/mol. The van der Waals surface area contributed by atoms with Gasteiger partial charge >= 0.3 is 0 Å². The first-order chi connectivity index (χ1) is 17.8. The summed E-state index contributed by atoms with van der Waals surface area (Å²) in [7, 11) is 0. The molecule has 0 fully saturated rings. The fourth-order valence-corrected chi connectivity index (χ4v) is 5.69. The minimum Gasteiger partial charge on any atom is -0.455 e. The topological polar surface area (TPSA) is 29.0 Å². The second kappa shape index (κ2) is 10.0. The number of hydrogen-bond donors (Lipinski definition) is 1. The van der Waals surface area contributed by atoms with Crippen molar-refractivity contribution in [2.24, 2.45) is 5.92 Å². The fraction of sp³-hybridized carbons (Fsp3) is 0.324. The Labute approximate surface area is 221 Å². The Kier molecular flexibility index (Phi) is 6.81. The molecule has 4 aromatic rings. The van der Waals surface area contributed by atoms with Gasteiger partial charge in [-0.3, -0.25) is 0 Å². The molecule has 1 aliphatic heterocycles. The molecule has 37 heavy (non-hydrogen) atoms. The fourth-order valence-electron chi connectivity index (χ4n) is 5.69. The van der Waals surface area contributed by atoms with Gasteiger partial charge in [0.25, 0.3) is 0 Å². The average Bonchev–Trinajstić information content (AvgIpc) is 3.27. The summed E-state index contributed by atoms with van der Waals surface area (Å²) < 4.78 is 9.08. The van der Waals surface area contributed by atoms with Crippen LogP contribution in [0, 0.1) is 5.92 Å². The lowest BCUT2D eigenvalue weighted by Gasteiger charge is -2.32. The minimum atomic E-state index is 0.0921. The van der Waals surface area contributed by atoms with Crippen molar-refractivity contribution in [3.63, 3.8) is 0 Å². The Balaban J connectivity index is 1.73. The van der Waals surface area contributed by atoms with E-state index in [-0.39, 0.29) is 12.0 Å². The summed E-state index contributed by atoms with van der Waals surface area (Å²) in [6.45, 7) is 22.5. The van der Waals surface area contributed by atoms with E-state index in [0.29, 0.717) is 11.8 Å². The second-order valence-electron chi connectivity index (χ2n) is 11.2. The summed E-state index contributed by atoms with van der Waals surface area (Å²) in [6.07, 6.45) is 5.91. The van der Waals surface area contributed by atoms with Crippen LogP contribution in [0.1, 0.15) is 69.5 Å². The summed E-state index contributed by atoms with van der Waals surface area (Å²) in [5, 5.41) is 5.99. The van der Waals surface area contributed by atoms with Crippen molar-refractivity contribution in [1.82, 2.24) is 5.32 Å². The number of aromatic nitrogens is 1. The highest BCUT2D eigenvalue weighted by Crippen LogP contribution is 2.47. The second-order valence-corrected chi connectivity index (χ2v) is 11.2. The molecular formula is C34H39N2O+. The Morgan fingerprint density at radius 2 is 1.84 bits per heavy atom. The van der Waals surface area contributed by atoms with Gasteiger partial charge in [-0.05, 0) is 47.9 Å². The molecule has 3 heterocycles. The molecule has 1 aliphatic rings. The lowest BCUT2D eigenvalue weighted by molar-refractivity contribution is -0.710. The standard InChI is InChI=1S/C34H39N2O/c1-8-23(6)12-14-28-27-16-17-29-26-15-13-25(22(4)5)19-31(26)37-34(29)32(27)30-11-9-10-18-36(30)33(28)24(7)35-20-21(2)3/h8-11,13,15-19,21-22,28,33,35H,1,6-7,12,14,20H2,2-5H3/q+1. The molecule has 0 spiro atoms. The Morgan fingerprint density at radius 3 is 2.57 bits per heavy atom. The third-order valence-corrected chi connectivity index (χ3v) is 7.75. The van der Waals surface area contributed by atoms with Crippen LogP contribution in [-0.2, 0) is 0 Å². The zero-order chi connectivity index (χ0) is 26.3. The van der Waals surface area contributed by atoms with E-state index in [1.807, 2.05) is 6.08 Å². The molecule has 0 bridgehead atoms. The minimum absolute atomic E-state index is 0.0921. The van der Waals surface area contributed by atoms with E-state index in [9.17, 15) is 0 Å². The van der Waals surface area contributed by atoms with Crippen molar-refractivity contribution in [3.05, 3.63) is 103 Å². The number of allylic oxidation sites excluding steroid dienone is 3. The Morgan fingerprint density at radius 1 is 1.05 bits per heavy atom. The quantitative estimate of drug-likeness (QED) is 0.188. The van der Waals surface area contributed by atoms with Crippen LogP contribution in [0.4, 0.5) is 0 Å². The van der Waals surface area contributed by atoms with Gasteiger partial charge in [-0.15, -0.1) is 0 Å². The van der Waals surface area contributed by atoms with Crippen molar-refractivity contribution in [2.45, 2.75) is 58.4 Å². The van der Waals surface area contributed by atoms with Gasteiger partial charge in [0, 0.05) is 29.4 Å². The van der Waals surface area contributed by atoms with Crippen LogP contribution in [0.2, 0.25) is 0 Å². The van der Waals surface area contributed by atoms with E-state index in [2.05, 4.69) is 112 Å². The smallest absolute Gasteiger partial charge is 0.217 e. The van der Waals surface area contributed by atoms with Crippen LogP contribution in [-0.4, -0.2) is 6.54 Å². The molecule has 2 unspecified atom stereocenters. The zero-order valence-electron chi connectivity index (χ0n) is 22.7. The van der Waals surface area contributed by atoms with Gasteiger partial charge in [0.05, 0.1) is 17.2 Å². The van der Waals surface area contributed by atoms with Gasteiger partial charge in [0.2, 0.25) is 11.7 Å². The Hall–Kier alpha value is -3.59. The van der Waals surface area contributed by atoms with Crippen molar-refractivity contribution in [3.8, 4) is 11.3 Å². The summed E-state index contributed by atoms with van der Waals surface area (Å²) in [6, 6.07) is 17.8. The molecule has 5 rings (SSSR count). The molecule has 3 heteroatoms. The molecule has 2 aromatic heterocycles. The van der Waals surface area contributed by atoms with Crippen molar-refractivity contribution in [1.29, 1.82) is 0 Å².